The molecule has 0 fully saturated rings. The first kappa shape index (κ1) is 12.8. The van der Waals surface area contributed by atoms with Gasteiger partial charge in [0.15, 0.2) is 5.16 Å². The minimum atomic E-state index is 0.758. The Balaban J connectivity index is 2.06. The van der Waals surface area contributed by atoms with E-state index in [-0.39, 0.29) is 0 Å². The van der Waals surface area contributed by atoms with E-state index in [9.17, 15) is 0 Å². The lowest BCUT2D eigenvalue weighted by Gasteiger charge is -2.05. The molecule has 0 saturated heterocycles. The van der Waals surface area contributed by atoms with Gasteiger partial charge in [-0.25, -0.2) is 15.0 Å². The Bertz CT molecular complexity index is 499. The van der Waals surface area contributed by atoms with Gasteiger partial charge in [0.1, 0.15) is 5.82 Å². The van der Waals surface area contributed by atoms with Gasteiger partial charge in [-0.05, 0) is 42.8 Å². The fourth-order valence-electron chi connectivity index (χ4n) is 1.36. The van der Waals surface area contributed by atoms with E-state index in [0.717, 1.165) is 34.4 Å². The Kier molecular flexibility index (Phi) is 4.52. The van der Waals surface area contributed by atoms with E-state index in [1.165, 1.54) is 0 Å². The third-order valence-electron chi connectivity index (χ3n) is 2.25. The maximum Gasteiger partial charge on any atom is 0.192 e. The van der Waals surface area contributed by atoms with Gasteiger partial charge in [-0.15, -0.1) is 0 Å². The van der Waals surface area contributed by atoms with Gasteiger partial charge in [-0.3, -0.25) is 0 Å². The third-order valence-corrected chi connectivity index (χ3v) is 3.14. The molecule has 18 heavy (non-hydrogen) atoms. The number of anilines is 1. The van der Waals surface area contributed by atoms with Crippen molar-refractivity contribution in [3.05, 3.63) is 36.3 Å². The zero-order valence-corrected chi connectivity index (χ0v) is 11.4. The molecule has 2 rings (SSSR count). The van der Waals surface area contributed by atoms with Crippen molar-refractivity contribution < 1.29 is 0 Å². The number of hydrogen-bond acceptors (Lipinski definition) is 5. The summed E-state index contributed by atoms with van der Waals surface area (Å²) in [7, 11) is 0. The monoisotopic (exact) mass is 260 g/mol. The summed E-state index contributed by atoms with van der Waals surface area (Å²) in [4.78, 5) is 13.9. The molecule has 4 nitrogen and oxygen atoms in total. The second-order valence-electron chi connectivity index (χ2n) is 3.95. The van der Waals surface area contributed by atoms with Crippen LogP contribution in [-0.4, -0.2) is 21.5 Å². The van der Waals surface area contributed by atoms with Crippen LogP contribution >= 0.6 is 11.8 Å². The summed E-state index contributed by atoms with van der Waals surface area (Å²) in [5.74, 6) is 0.897. The van der Waals surface area contributed by atoms with Gasteiger partial charge in [-0.2, -0.15) is 0 Å². The molecule has 0 aliphatic rings. The number of aromatic nitrogens is 3. The lowest BCUT2D eigenvalue weighted by molar-refractivity contribution is 0.948. The van der Waals surface area contributed by atoms with Gasteiger partial charge in [0.05, 0.1) is 0 Å². The van der Waals surface area contributed by atoms with E-state index in [4.69, 9.17) is 0 Å². The largest absolute Gasteiger partial charge is 0.370 e. The topological polar surface area (TPSA) is 50.7 Å². The van der Waals surface area contributed by atoms with Crippen LogP contribution in [0.5, 0.6) is 0 Å². The number of nitrogens with zero attached hydrogens (tertiary/aromatic N) is 3. The van der Waals surface area contributed by atoms with Crippen molar-refractivity contribution in [2.45, 2.75) is 30.3 Å². The second kappa shape index (κ2) is 6.35. The van der Waals surface area contributed by atoms with Crippen molar-refractivity contribution in [1.82, 2.24) is 15.0 Å². The van der Waals surface area contributed by atoms with Crippen LogP contribution in [0.4, 0.5) is 5.82 Å². The SMILES string of the molecule is CCCNc1cc(Sc2ncc(C)cn2)ccn1. The van der Waals surface area contributed by atoms with Crippen molar-refractivity contribution in [3.63, 3.8) is 0 Å². The number of aryl methyl sites for hydroxylation is 1. The summed E-state index contributed by atoms with van der Waals surface area (Å²) in [6, 6.07) is 3.98. The molecule has 5 heteroatoms. The van der Waals surface area contributed by atoms with Crippen molar-refractivity contribution in [3.8, 4) is 0 Å². The van der Waals surface area contributed by atoms with Crippen LogP contribution < -0.4 is 5.32 Å². The number of pyridine rings is 1. The average Bonchev–Trinajstić information content (AvgIpc) is 2.40. The summed E-state index contributed by atoms with van der Waals surface area (Å²) < 4.78 is 0. The molecule has 2 heterocycles. The lowest BCUT2D eigenvalue weighted by atomic mass is 10.4. The molecule has 0 atom stereocenters. The molecule has 0 spiro atoms. The smallest absolute Gasteiger partial charge is 0.192 e. The van der Waals surface area contributed by atoms with Crippen molar-refractivity contribution in [1.29, 1.82) is 0 Å². The van der Waals surface area contributed by atoms with Crippen LogP contribution in [0.25, 0.3) is 0 Å². The Morgan fingerprint density at radius 2 is 2.00 bits per heavy atom. The zero-order chi connectivity index (χ0) is 12.8. The van der Waals surface area contributed by atoms with E-state index in [0.29, 0.717) is 0 Å². The molecule has 0 aliphatic carbocycles. The number of hydrogen-bond donors (Lipinski definition) is 1. The minimum absolute atomic E-state index is 0.758. The molecule has 0 aliphatic heterocycles. The molecule has 0 aromatic carbocycles. The molecule has 0 radical (unpaired) electrons. The van der Waals surface area contributed by atoms with Crippen LogP contribution in [0, 0.1) is 6.92 Å². The molecule has 0 bridgehead atoms. The van der Waals surface area contributed by atoms with Gasteiger partial charge in [0.2, 0.25) is 0 Å². The zero-order valence-electron chi connectivity index (χ0n) is 10.6. The summed E-state index contributed by atoms with van der Waals surface area (Å²) in [6.07, 6.45) is 6.54. The van der Waals surface area contributed by atoms with Crippen LogP contribution in [0.1, 0.15) is 18.9 Å². The number of rotatable bonds is 5. The summed E-state index contributed by atoms with van der Waals surface area (Å²) in [6.45, 7) is 5.04. The van der Waals surface area contributed by atoms with Crippen molar-refractivity contribution >= 4 is 17.6 Å². The van der Waals surface area contributed by atoms with E-state index in [2.05, 4.69) is 27.2 Å². The summed E-state index contributed by atoms with van der Waals surface area (Å²) >= 11 is 1.54. The molecular formula is C13H16N4S. The Morgan fingerprint density at radius 3 is 2.72 bits per heavy atom. The summed E-state index contributed by atoms with van der Waals surface area (Å²) in [5.41, 5.74) is 1.07. The lowest BCUT2D eigenvalue weighted by Crippen LogP contribution is -2.01. The van der Waals surface area contributed by atoms with E-state index in [1.54, 1.807) is 18.0 Å². The predicted octanol–water partition coefficient (Wildman–Crippen LogP) is 3.15. The van der Waals surface area contributed by atoms with E-state index < -0.39 is 0 Å². The van der Waals surface area contributed by atoms with Crippen molar-refractivity contribution in [2.75, 3.05) is 11.9 Å². The van der Waals surface area contributed by atoms with Gasteiger partial charge in [-0.1, -0.05) is 6.92 Å². The molecule has 1 N–H and O–H groups in total. The highest BCUT2D eigenvalue weighted by molar-refractivity contribution is 7.99. The molecule has 0 unspecified atom stereocenters. The molecule has 2 aromatic heterocycles. The first-order valence-electron chi connectivity index (χ1n) is 5.94. The van der Waals surface area contributed by atoms with E-state index in [1.807, 2.05) is 31.5 Å². The maximum absolute atomic E-state index is 4.28. The number of nitrogens with one attached hydrogen (secondary N) is 1. The standard InChI is InChI=1S/C13H16N4S/c1-3-5-14-12-7-11(4-6-15-12)18-13-16-8-10(2)9-17-13/h4,6-9H,3,5H2,1-2H3,(H,14,15). The fourth-order valence-corrected chi connectivity index (χ4v) is 2.08. The average molecular weight is 260 g/mol. The van der Waals surface area contributed by atoms with Crippen LogP contribution in [0.3, 0.4) is 0 Å². The molecule has 94 valence electrons. The molecule has 0 amide bonds. The quantitative estimate of drug-likeness (QED) is 0.837. The predicted molar refractivity (Wildman–Crippen MR) is 73.9 cm³/mol. The first-order chi connectivity index (χ1) is 8.78. The van der Waals surface area contributed by atoms with Gasteiger partial charge < -0.3 is 5.32 Å². The molecule has 2 aromatic rings. The van der Waals surface area contributed by atoms with Gasteiger partial charge in [0.25, 0.3) is 0 Å². The Labute approximate surface area is 111 Å². The van der Waals surface area contributed by atoms with Crippen LogP contribution in [0.15, 0.2) is 40.8 Å². The fraction of sp³-hybridized carbons (Fsp3) is 0.308. The highest BCUT2D eigenvalue weighted by Gasteiger charge is 2.01. The van der Waals surface area contributed by atoms with Crippen LogP contribution in [-0.2, 0) is 0 Å². The highest BCUT2D eigenvalue weighted by Crippen LogP contribution is 2.25. The molecule has 0 saturated carbocycles. The highest BCUT2D eigenvalue weighted by atomic mass is 32.2. The third kappa shape index (κ3) is 3.70. The first-order valence-corrected chi connectivity index (χ1v) is 6.76. The van der Waals surface area contributed by atoms with Crippen molar-refractivity contribution in [2.24, 2.45) is 0 Å². The minimum Gasteiger partial charge on any atom is -0.370 e. The second-order valence-corrected chi connectivity index (χ2v) is 4.99. The summed E-state index contributed by atoms with van der Waals surface area (Å²) in [5, 5.41) is 4.02. The Morgan fingerprint density at radius 1 is 1.22 bits per heavy atom. The Hall–Kier alpha value is -1.62. The van der Waals surface area contributed by atoms with E-state index >= 15 is 0 Å². The molecular weight excluding hydrogens is 244 g/mol. The maximum atomic E-state index is 4.28. The van der Waals surface area contributed by atoms with Crippen LogP contribution in [0.2, 0.25) is 0 Å². The normalized spacial score (nSPS) is 10.3. The van der Waals surface area contributed by atoms with Gasteiger partial charge in [0, 0.05) is 30.0 Å². The van der Waals surface area contributed by atoms with Gasteiger partial charge >= 0.3 is 0 Å².